The van der Waals surface area contributed by atoms with Crippen LogP contribution in [-0.4, -0.2) is 25.8 Å². The molecule has 182 valence electrons. The van der Waals surface area contributed by atoms with Gasteiger partial charge in [0.05, 0.1) is 22.2 Å². The summed E-state index contributed by atoms with van der Waals surface area (Å²) in [6, 6.07) is 23.8. The Balaban J connectivity index is 1.58. The van der Waals surface area contributed by atoms with Crippen molar-refractivity contribution in [1.82, 2.24) is 5.32 Å². The quantitative estimate of drug-likeness (QED) is 0.512. The van der Waals surface area contributed by atoms with Crippen molar-refractivity contribution < 1.29 is 18.0 Å². The number of carbonyl (C=O) groups excluding carboxylic acids is 2. The van der Waals surface area contributed by atoms with Crippen LogP contribution in [0, 0.1) is 17.8 Å². The summed E-state index contributed by atoms with van der Waals surface area (Å²) in [4.78, 5) is 26.7. The summed E-state index contributed by atoms with van der Waals surface area (Å²) >= 11 is 6.09. The van der Waals surface area contributed by atoms with Gasteiger partial charge in [0.15, 0.2) is 5.78 Å². The van der Waals surface area contributed by atoms with Crippen molar-refractivity contribution in [1.29, 1.82) is 0 Å². The number of nitrogens with one attached hydrogen (secondary N) is 1. The summed E-state index contributed by atoms with van der Waals surface area (Å²) < 4.78 is 30.5. The lowest BCUT2D eigenvalue weighted by Gasteiger charge is -2.24. The molecule has 0 radical (unpaired) electrons. The number of Topliss-reactive ketones (excluding diaryl/α,β-unsaturated/α-hetero) is 1. The Kier molecular flexibility index (Phi) is 6.36. The van der Waals surface area contributed by atoms with Gasteiger partial charge >= 0.3 is 0 Å². The maximum absolute atomic E-state index is 13.8. The first kappa shape index (κ1) is 24.2. The first-order valence-corrected chi connectivity index (χ1v) is 13.4. The van der Waals surface area contributed by atoms with Crippen LogP contribution in [0.2, 0.25) is 5.02 Å². The minimum absolute atomic E-state index is 0.0622. The first-order valence-electron chi connectivity index (χ1n) is 11.5. The predicted octanol–water partition coefficient (Wildman–Crippen LogP) is 5.03. The van der Waals surface area contributed by atoms with Crippen LogP contribution >= 0.6 is 11.6 Å². The van der Waals surface area contributed by atoms with E-state index in [9.17, 15) is 18.0 Å². The standard InChI is InChI=1S/C28H23ClN2O4S/c1-17-22-16-23(30-28(33)19-8-4-2-5-9-19)27(32)25(24(17)18-12-14-20(29)15-13-18)26(22)31-36(34,35)21-10-6-3-7-11-21/h2-17,22,24-25H,1H3,(H,30,33)/b31-26+/t17-,22-,24-,25+/m0/s1. The lowest BCUT2D eigenvalue weighted by atomic mass is 9.81. The molecule has 4 atom stereocenters. The minimum Gasteiger partial charge on any atom is -0.319 e. The van der Waals surface area contributed by atoms with E-state index in [0.29, 0.717) is 16.3 Å². The van der Waals surface area contributed by atoms with Gasteiger partial charge in [-0.2, -0.15) is 12.8 Å². The number of fused-ring (bicyclic) bond motifs is 2. The molecular weight excluding hydrogens is 496 g/mol. The average Bonchev–Trinajstić information content (AvgIpc) is 3.08. The number of allylic oxidation sites excluding steroid dienone is 2. The Morgan fingerprint density at radius 1 is 0.917 bits per heavy atom. The van der Waals surface area contributed by atoms with Gasteiger partial charge in [0, 0.05) is 22.4 Å². The van der Waals surface area contributed by atoms with E-state index in [2.05, 4.69) is 9.71 Å². The van der Waals surface area contributed by atoms with E-state index < -0.39 is 27.8 Å². The molecule has 0 unspecified atom stereocenters. The number of rotatable bonds is 5. The molecule has 3 aromatic rings. The minimum atomic E-state index is -4.03. The molecule has 0 saturated heterocycles. The topological polar surface area (TPSA) is 92.7 Å². The molecule has 1 saturated carbocycles. The van der Waals surface area contributed by atoms with E-state index in [-0.39, 0.29) is 28.2 Å². The van der Waals surface area contributed by atoms with E-state index in [1.807, 2.05) is 19.1 Å². The molecule has 2 bridgehead atoms. The van der Waals surface area contributed by atoms with Crippen molar-refractivity contribution in [3.63, 3.8) is 0 Å². The Morgan fingerprint density at radius 3 is 2.17 bits per heavy atom. The van der Waals surface area contributed by atoms with Crippen molar-refractivity contribution in [2.45, 2.75) is 17.7 Å². The lowest BCUT2D eigenvalue weighted by Crippen LogP contribution is -2.38. The van der Waals surface area contributed by atoms with Gasteiger partial charge < -0.3 is 5.32 Å². The molecule has 0 aliphatic heterocycles. The van der Waals surface area contributed by atoms with Crippen LogP contribution in [0.15, 0.2) is 106 Å². The molecule has 8 heteroatoms. The smallest absolute Gasteiger partial charge is 0.282 e. The van der Waals surface area contributed by atoms with Gasteiger partial charge in [-0.15, -0.1) is 0 Å². The molecular formula is C28H23ClN2O4S. The van der Waals surface area contributed by atoms with Crippen LogP contribution < -0.4 is 5.32 Å². The number of carbonyl (C=O) groups is 2. The maximum Gasteiger partial charge on any atom is 0.282 e. The second-order valence-electron chi connectivity index (χ2n) is 9.01. The van der Waals surface area contributed by atoms with Crippen molar-refractivity contribution in [3.8, 4) is 0 Å². The van der Waals surface area contributed by atoms with Crippen LogP contribution in [0.25, 0.3) is 0 Å². The predicted molar refractivity (Wildman–Crippen MR) is 138 cm³/mol. The molecule has 2 aliphatic carbocycles. The second kappa shape index (κ2) is 9.48. The molecule has 1 fully saturated rings. The summed E-state index contributed by atoms with van der Waals surface area (Å²) in [6.45, 7) is 1.97. The molecule has 0 heterocycles. The number of benzene rings is 3. The third kappa shape index (κ3) is 4.40. The number of amides is 1. The highest BCUT2D eigenvalue weighted by molar-refractivity contribution is 7.90. The number of ketones is 1. The van der Waals surface area contributed by atoms with E-state index in [0.717, 1.165) is 5.56 Å². The number of hydrogen-bond acceptors (Lipinski definition) is 4. The van der Waals surface area contributed by atoms with Gasteiger partial charge in [0.2, 0.25) is 0 Å². The van der Waals surface area contributed by atoms with Crippen molar-refractivity contribution >= 4 is 39.0 Å². The zero-order valence-corrected chi connectivity index (χ0v) is 20.9. The highest BCUT2D eigenvalue weighted by Crippen LogP contribution is 2.50. The van der Waals surface area contributed by atoms with E-state index in [1.54, 1.807) is 66.7 Å². The Hall–Kier alpha value is -3.55. The Labute approximate surface area is 214 Å². The zero-order chi connectivity index (χ0) is 25.4. The largest absolute Gasteiger partial charge is 0.319 e. The molecule has 5 rings (SSSR count). The van der Waals surface area contributed by atoms with Crippen LogP contribution in [0.3, 0.4) is 0 Å². The van der Waals surface area contributed by atoms with Crippen molar-refractivity contribution in [2.24, 2.45) is 22.2 Å². The van der Waals surface area contributed by atoms with Gasteiger partial charge in [-0.1, -0.05) is 67.1 Å². The molecule has 3 aromatic carbocycles. The number of hydrogen-bond donors (Lipinski definition) is 1. The lowest BCUT2D eigenvalue weighted by molar-refractivity contribution is -0.118. The van der Waals surface area contributed by atoms with Gasteiger partial charge in [-0.05, 0) is 54.0 Å². The number of nitrogens with zero attached hydrogens (tertiary/aromatic N) is 1. The fourth-order valence-corrected chi connectivity index (χ4v) is 6.37. The third-order valence-electron chi connectivity index (χ3n) is 6.85. The van der Waals surface area contributed by atoms with Gasteiger partial charge in [-0.3, -0.25) is 9.59 Å². The van der Waals surface area contributed by atoms with Gasteiger partial charge in [0.25, 0.3) is 15.9 Å². The number of halogens is 1. The molecule has 6 nitrogen and oxygen atoms in total. The summed E-state index contributed by atoms with van der Waals surface area (Å²) in [6.07, 6.45) is 1.65. The fourth-order valence-electron chi connectivity index (χ4n) is 5.12. The summed E-state index contributed by atoms with van der Waals surface area (Å²) in [7, 11) is -4.03. The summed E-state index contributed by atoms with van der Waals surface area (Å²) in [5, 5.41) is 3.31. The monoisotopic (exact) mass is 518 g/mol. The Bertz CT molecular complexity index is 1480. The number of sulfonamides is 1. The molecule has 0 spiro atoms. The van der Waals surface area contributed by atoms with E-state index >= 15 is 0 Å². The Morgan fingerprint density at radius 2 is 1.53 bits per heavy atom. The van der Waals surface area contributed by atoms with Crippen LogP contribution in [0.5, 0.6) is 0 Å². The molecule has 2 aliphatic rings. The van der Waals surface area contributed by atoms with Crippen LogP contribution in [-0.2, 0) is 14.8 Å². The van der Waals surface area contributed by atoms with Crippen LogP contribution in [0.1, 0.15) is 28.8 Å². The molecule has 0 aromatic heterocycles. The van der Waals surface area contributed by atoms with Gasteiger partial charge in [0.1, 0.15) is 0 Å². The highest BCUT2D eigenvalue weighted by Gasteiger charge is 2.53. The molecule has 36 heavy (non-hydrogen) atoms. The van der Waals surface area contributed by atoms with E-state index in [1.165, 1.54) is 12.1 Å². The van der Waals surface area contributed by atoms with Crippen molar-refractivity contribution in [2.75, 3.05) is 0 Å². The van der Waals surface area contributed by atoms with Gasteiger partial charge in [-0.25, -0.2) is 0 Å². The molecule has 1 N–H and O–H groups in total. The van der Waals surface area contributed by atoms with Crippen molar-refractivity contribution in [3.05, 3.63) is 113 Å². The van der Waals surface area contributed by atoms with E-state index in [4.69, 9.17) is 11.6 Å². The SMILES string of the molecule is C[C@@H]1[C@@H](c2ccc(Cl)cc2)[C@H]2C(=O)C(NC(=O)c3ccccc3)=C[C@@H]1/C2=N\S(=O)(=O)c1ccccc1. The second-order valence-corrected chi connectivity index (χ2v) is 11.0. The maximum atomic E-state index is 13.8. The summed E-state index contributed by atoms with van der Waals surface area (Å²) in [5.74, 6) is -2.51. The fraction of sp³-hybridized carbons (Fsp3) is 0.179. The van der Waals surface area contributed by atoms with Crippen LogP contribution in [0.4, 0.5) is 0 Å². The normalized spacial score (nSPS) is 24.4. The first-order chi connectivity index (χ1) is 17.3. The third-order valence-corrected chi connectivity index (χ3v) is 8.42. The summed E-state index contributed by atoms with van der Waals surface area (Å²) in [5.41, 5.74) is 1.75. The molecule has 1 amide bonds. The average molecular weight is 519 g/mol. The zero-order valence-electron chi connectivity index (χ0n) is 19.3. The highest BCUT2D eigenvalue weighted by atomic mass is 35.5.